The molecule has 0 saturated carbocycles. The van der Waals surface area contributed by atoms with E-state index in [9.17, 15) is 0 Å². The topological polar surface area (TPSA) is 20.2 Å². The van der Waals surface area contributed by atoms with Crippen molar-refractivity contribution in [1.82, 2.24) is 0 Å². The van der Waals surface area contributed by atoms with Gasteiger partial charge in [-0.1, -0.05) is 12.1 Å². The normalized spacial score (nSPS) is 8.93. The molecule has 1 N–H and O–H groups in total. The van der Waals surface area contributed by atoms with Crippen LogP contribution in [0, 0.1) is 6.07 Å². The third-order valence-corrected chi connectivity index (χ3v) is 1.93. The molecule has 2 aromatic carbocycles. The third kappa shape index (κ3) is 2.95. The summed E-state index contributed by atoms with van der Waals surface area (Å²) in [5.74, 6) is 0. The van der Waals surface area contributed by atoms with E-state index >= 15 is 0 Å². The first kappa shape index (κ1) is 13.9. The molecule has 2 rings (SSSR count). The summed E-state index contributed by atoms with van der Waals surface area (Å²) in [7, 11) is 0. The van der Waals surface area contributed by atoms with E-state index in [-0.39, 0.29) is 46.6 Å². The van der Waals surface area contributed by atoms with Crippen molar-refractivity contribution in [2.24, 2.45) is 0 Å². The molecule has 14 heavy (non-hydrogen) atoms. The third-order valence-electron chi connectivity index (χ3n) is 1.93. The average Bonchev–Trinajstić information content (AvgIpc) is 2.17. The second-order valence-electron chi connectivity index (χ2n) is 2.77. The van der Waals surface area contributed by atoms with E-state index < -0.39 is 0 Å². The van der Waals surface area contributed by atoms with Crippen LogP contribution in [0.25, 0.3) is 10.8 Å². The molecule has 68 valence electrons. The predicted octanol–water partition coefficient (Wildman–Crippen LogP) is -1.24. The average molecular weight is 261 g/mol. The molecular weight excluding hydrogens is 252 g/mol. The fourth-order valence-electron chi connectivity index (χ4n) is 1.27. The molecule has 3 heteroatoms. The summed E-state index contributed by atoms with van der Waals surface area (Å²) in [6.07, 6.45) is 0. The monoisotopic (exact) mass is 260 g/mol. The molecule has 0 heterocycles. The number of aliphatic hydroxyl groups is 1. The molecule has 0 bridgehead atoms. The van der Waals surface area contributed by atoms with Gasteiger partial charge in [0.2, 0.25) is 0 Å². The summed E-state index contributed by atoms with van der Waals surface area (Å²) < 4.78 is 0. The maximum atomic E-state index is 8.89. The minimum absolute atomic E-state index is 0. The Hall–Kier alpha value is -0.0938. The number of aliphatic hydroxyl groups excluding tert-OH is 1. The SMILES string of the molecule is OCc1ccc2c[c-]ccc2c1.[Br-].[Mg+2]. The molecular formula is C11H9BrMgO. The quantitative estimate of drug-likeness (QED) is 0.503. The Morgan fingerprint density at radius 2 is 1.93 bits per heavy atom. The maximum Gasteiger partial charge on any atom is 2.00 e. The number of hydrogen-bond donors (Lipinski definition) is 1. The van der Waals surface area contributed by atoms with Gasteiger partial charge in [0.25, 0.3) is 0 Å². The molecule has 0 fully saturated rings. The maximum absolute atomic E-state index is 8.89. The van der Waals surface area contributed by atoms with Gasteiger partial charge in [-0.3, -0.25) is 0 Å². The van der Waals surface area contributed by atoms with Gasteiger partial charge in [-0.2, -0.15) is 24.3 Å². The fraction of sp³-hybridized carbons (Fsp3) is 0.0909. The van der Waals surface area contributed by atoms with Crippen LogP contribution in [-0.4, -0.2) is 28.2 Å². The smallest absolute Gasteiger partial charge is 1.00 e. The number of hydrogen-bond acceptors (Lipinski definition) is 1. The van der Waals surface area contributed by atoms with E-state index in [2.05, 4.69) is 6.07 Å². The van der Waals surface area contributed by atoms with Crippen LogP contribution in [0.15, 0.2) is 36.4 Å². The predicted molar refractivity (Wildman–Crippen MR) is 54.5 cm³/mol. The summed E-state index contributed by atoms with van der Waals surface area (Å²) in [6.45, 7) is 0.106. The summed E-state index contributed by atoms with van der Waals surface area (Å²) >= 11 is 0. The number of halogens is 1. The fourth-order valence-corrected chi connectivity index (χ4v) is 1.27. The molecule has 0 aromatic heterocycles. The zero-order valence-electron chi connectivity index (χ0n) is 7.70. The standard InChI is InChI=1S/C11H9O.BrH.Mg/c12-8-9-5-6-10-3-1-2-4-11(10)7-9;;/h2-7,12H,8H2;1H;/q-1;;+2/p-1. The van der Waals surface area contributed by atoms with Gasteiger partial charge in [0.15, 0.2) is 0 Å². The van der Waals surface area contributed by atoms with Crippen molar-refractivity contribution in [3.05, 3.63) is 48.0 Å². The molecule has 0 aliphatic rings. The second-order valence-corrected chi connectivity index (χ2v) is 2.77. The van der Waals surface area contributed by atoms with Gasteiger partial charge >= 0.3 is 23.1 Å². The molecule has 0 saturated heterocycles. The van der Waals surface area contributed by atoms with Crippen LogP contribution in [0.2, 0.25) is 0 Å². The Labute approximate surface area is 110 Å². The van der Waals surface area contributed by atoms with Crippen molar-refractivity contribution in [1.29, 1.82) is 0 Å². The summed E-state index contributed by atoms with van der Waals surface area (Å²) in [6, 6.07) is 14.7. The van der Waals surface area contributed by atoms with Crippen molar-refractivity contribution in [3.8, 4) is 0 Å². The Morgan fingerprint density at radius 3 is 2.64 bits per heavy atom. The van der Waals surface area contributed by atoms with Gasteiger partial charge in [0.05, 0.1) is 6.61 Å². The van der Waals surface area contributed by atoms with E-state index in [1.165, 1.54) is 0 Å². The molecule has 0 atom stereocenters. The zero-order chi connectivity index (χ0) is 8.39. The Bertz CT molecular complexity index is 403. The Kier molecular flexibility index (Phi) is 6.36. The van der Waals surface area contributed by atoms with E-state index in [4.69, 9.17) is 5.11 Å². The first-order chi connectivity index (χ1) is 5.90. The van der Waals surface area contributed by atoms with Crippen LogP contribution in [0.5, 0.6) is 0 Å². The Morgan fingerprint density at radius 1 is 1.14 bits per heavy atom. The Balaban J connectivity index is 0.000000845. The van der Waals surface area contributed by atoms with Crippen molar-refractivity contribution >= 4 is 33.8 Å². The number of fused-ring (bicyclic) bond motifs is 1. The van der Waals surface area contributed by atoms with Gasteiger partial charge in [-0.05, 0) is 5.56 Å². The van der Waals surface area contributed by atoms with Gasteiger partial charge in [0, 0.05) is 0 Å². The van der Waals surface area contributed by atoms with Crippen LogP contribution in [0.3, 0.4) is 0 Å². The second kappa shape index (κ2) is 6.40. The minimum Gasteiger partial charge on any atom is -1.00 e. The van der Waals surface area contributed by atoms with Crippen molar-refractivity contribution in [3.63, 3.8) is 0 Å². The molecule has 0 unspecified atom stereocenters. The molecule has 1 nitrogen and oxygen atoms in total. The van der Waals surface area contributed by atoms with Gasteiger partial charge in [-0.15, -0.1) is 16.8 Å². The molecule has 0 spiro atoms. The van der Waals surface area contributed by atoms with Crippen molar-refractivity contribution < 1.29 is 22.1 Å². The molecule has 0 aliphatic carbocycles. The number of rotatable bonds is 1. The zero-order valence-corrected chi connectivity index (χ0v) is 10.7. The van der Waals surface area contributed by atoms with Crippen molar-refractivity contribution in [2.75, 3.05) is 0 Å². The van der Waals surface area contributed by atoms with E-state index in [0.29, 0.717) is 0 Å². The largest absolute Gasteiger partial charge is 2.00 e. The summed E-state index contributed by atoms with van der Waals surface area (Å²) in [5.41, 5.74) is 0.953. The minimum atomic E-state index is 0. The first-order valence-electron chi connectivity index (χ1n) is 3.90. The number of benzene rings is 2. The van der Waals surface area contributed by atoms with Crippen LogP contribution >= 0.6 is 0 Å². The van der Waals surface area contributed by atoms with Crippen LogP contribution in [0.1, 0.15) is 5.56 Å². The van der Waals surface area contributed by atoms with E-state index in [1.807, 2.05) is 36.4 Å². The first-order valence-corrected chi connectivity index (χ1v) is 3.90. The molecule has 0 amide bonds. The van der Waals surface area contributed by atoms with Crippen LogP contribution < -0.4 is 17.0 Å². The summed E-state index contributed by atoms with van der Waals surface area (Å²) in [5, 5.41) is 11.2. The molecule has 0 radical (unpaired) electrons. The molecule has 2 aromatic rings. The molecule has 0 aliphatic heterocycles. The van der Waals surface area contributed by atoms with Crippen LogP contribution in [-0.2, 0) is 6.61 Å². The summed E-state index contributed by atoms with van der Waals surface area (Å²) in [4.78, 5) is 0. The van der Waals surface area contributed by atoms with Gasteiger partial charge in [-0.25, -0.2) is 0 Å². The van der Waals surface area contributed by atoms with E-state index in [0.717, 1.165) is 16.3 Å². The van der Waals surface area contributed by atoms with Crippen LogP contribution in [0.4, 0.5) is 0 Å². The van der Waals surface area contributed by atoms with Crippen molar-refractivity contribution in [2.45, 2.75) is 6.61 Å². The van der Waals surface area contributed by atoms with Gasteiger partial charge in [0.1, 0.15) is 0 Å². The van der Waals surface area contributed by atoms with Gasteiger partial charge < -0.3 is 22.1 Å². The van der Waals surface area contributed by atoms with E-state index in [1.54, 1.807) is 0 Å².